The van der Waals surface area contributed by atoms with Crippen molar-refractivity contribution in [1.82, 2.24) is 4.58 Å². The van der Waals surface area contributed by atoms with Gasteiger partial charge >= 0.3 is 5.63 Å². The van der Waals surface area contributed by atoms with E-state index in [1.165, 1.54) is 46.1 Å². The van der Waals surface area contributed by atoms with Crippen LogP contribution in [0.15, 0.2) is 21.3 Å². The molecule has 5 heteroatoms. The van der Waals surface area contributed by atoms with Crippen LogP contribution >= 0.6 is 0 Å². The van der Waals surface area contributed by atoms with Crippen molar-refractivity contribution in [3.8, 4) is 11.5 Å². The summed E-state index contributed by atoms with van der Waals surface area (Å²) in [7, 11) is 0. The largest absolute Gasteiger partial charge is 0.454 e. The number of hydrogen-bond acceptors (Lipinski definition) is 4. The molecule has 5 aliphatic heterocycles. The SMILES string of the molecule is O=c1oc2c3c4c(cc2c2c1C=c1cc5c6c(c1O2)CCC[N+]=6CCC5)CCCN4CCC3. The molecule has 0 radical (unpaired) electrons. The van der Waals surface area contributed by atoms with Crippen LogP contribution in [0.2, 0.25) is 0 Å². The second-order valence-corrected chi connectivity index (χ2v) is 10.3. The number of rotatable bonds is 0. The Morgan fingerprint density at radius 2 is 1.64 bits per heavy atom. The molecule has 1 aromatic heterocycles. The Labute approximate surface area is 191 Å². The van der Waals surface area contributed by atoms with Crippen LogP contribution in [0.4, 0.5) is 5.69 Å². The molecule has 0 saturated heterocycles. The molecule has 0 atom stereocenters. The number of benzene rings is 2. The highest BCUT2D eigenvalue weighted by Gasteiger charge is 2.32. The number of aryl methyl sites for hydroxylation is 3. The van der Waals surface area contributed by atoms with Crippen LogP contribution in [0.3, 0.4) is 0 Å². The van der Waals surface area contributed by atoms with Gasteiger partial charge < -0.3 is 14.1 Å². The van der Waals surface area contributed by atoms with Gasteiger partial charge in [0.25, 0.3) is 0 Å². The van der Waals surface area contributed by atoms with E-state index >= 15 is 0 Å². The molecule has 0 aliphatic carbocycles. The zero-order valence-corrected chi connectivity index (χ0v) is 18.8. The van der Waals surface area contributed by atoms with Gasteiger partial charge in [0.05, 0.1) is 10.9 Å². The maximum atomic E-state index is 13.2. The summed E-state index contributed by atoms with van der Waals surface area (Å²) in [6.45, 7) is 4.47. The first-order chi connectivity index (χ1) is 16.3. The average Bonchev–Trinajstić information content (AvgIpc) is 2.85. The lowest BCUT2D eigenvalue weighted by molar-refractivity contribution is 0.434. The molecule has 6 heterocycles. The summed E-state index contributed by atoms with van der Waals surface area (Å²) in [4.78, 5) is 15.7. The Morgan fingerprint density at radius 1 is 0.848 bits per heavy atom. The van der Waals surface area contributed by atoms with Crippen molar-refractivity contribution in [3.63, 3.8) is 0 Å². The molecule has 33 heavy (non-hydrogen) atoms. The maximum absolute atomic E-state index is 13.2. The molecule has 0 spiro atoms. The van der Waals surface area contributed by atoms with Crippen LogP contribution in [0, 0.1) is 0 Å². The summed E-state index contributed by atoms with van der Waals surface area (Å²) in [5.41, 5.74) is 7.69. The van der Waals surface area contributed by atoms with E-state index in [2.05, 4.69) is 21.6 Å². The van der Waals surface area contributed by atoms with Gasteiger partial charge in [-0.25, -0.2) is 9.37 Å². The van der Waals surface area contributed by atoms with Crippen LogP contribution in [-0.2, 0) is 25.7 Å². The van der Waals surface area contributed by atoms with Crippen LogP contribution in [-0.4, -0.2) is 26.2 Å². The maximum Gasteiger partial charge on any atom is 0.347 e. The Hall–Kier alpha value is -3.08. The predicted molar refractivity (Wildman–Crippen MR) is 128 cm³/mol. The highest BCUT2D eigenvalue weighted by Crippen LogP contribution is 2.44. The van der Waals surface area contributed by atoms with Crippen molar-refractivity contribution < 1.29 is 9.15 Å². The summed E-state index contributed by atoms with van der Waals surface area (Å²) in [5, 5.41) is 3.41. The molecule has 0 fully saturated rings. The van der Waals surface area contributed by atoms with E-state index in [9.17, 15) is 4.79 Å². The minimum Gasteiger partial charge on any atom is -0.454 e. The van der Waals surface area contributed by atoms with Gasteiger partial charge in [-0.3, -0.25) is 0 Å². The van der Waals surface area contributed by atoms with Crippen LogP contribution in [0.1, 0.15) is 53.5 Å². The number of fused-ring (bicyclic) bond motifs is 6. The smallest absolute Gasteiger partial charge is 0.347 e. The average molecular weight is 440 g/mol. The summed E-state index contributed by atoms with van der Waals surface area (Å²) >= 11 is 0. The van der Waals surface area contributed by atoms with E-state index in [0.717, 1.165) is 86.6 Å². The van der Waals surface area contributed by atoms with E-state index in [4.69, 9.17) is 9.15 Å². The van der Waals surface area contributed by atoms with Gasteiger partial charge in [-0.15, -0.1) is 0 Å². The standard InChI is InChI=1S/C28H27N2O3/c31-28-22-15-18-13-16-5-1-9-29-11-3-7-19(23(16)29)25(18)32-27(22)21-14-17-6-2-10-30-12-4-8-20(24(17)30)26(21)33-28/h13-15H,1-12H2/q+1. The van der Waals surface area contributed by atoms with Gasteiger partial charge in [-0.2, -0.15) is 0 Å². The molecular formula is C28H27N2O3+. The van der Waals surface area contributed by atoms with E-state index in [1.54, 1.807) is 0 Å². The van der Waals surface area contributed by atoms with E-state index in [0.29, 0.717) is 11.3 Å². The first-order valence-electron chi connectivity index (χ1n) is 12.6. The van der Waals surface area contributed by atoms with Crippen molar-refractivity contribution >= 4 is 22.7 Å². The second-order valence-electron chi connectivity index (χ2n) is 10.3. The Kier molecular flexibility index (Phi) is 3.61. The highest BCUT2D eigenvalue weighted by atomic mass is 16.5. The van der Waals surface area contributed by atoms with Crippen LogP contribution in [0.5, 0.6) is 11.5 Å². The number of ether oxygens (including phenoxy) is 1. The third-order valence-corrected chi connectivity index (χ3v) is 8.38. The Balaban J connectivity index is 1.45. The molecule has 0 unspecified atom stereocenters. The topological polar surface area (TPSA) is 45.7 Å². The Bertz CT molecular complexity index is 1570. The second kappa shape index (κ2) is 6.49. The van der Waals surface area contributed by atoms with Crippen molar-refractivity contribution in [2.75, 3.05) is 31.1 Å². The van der Waals surface area contributed by atoms with Crippen LogP contribution in [0.25, 0.3) is 17.0 Å². The van der Waals surface area contributed by atoms with Gasteiger partial charge in [-0.1, -0.05) is 0 Å². The van der Waals surface area contributed by atoms with Gasteiger partial charge in [0.1, 0.15) is 30.0 Å². The van der Waals surface area contributed by atoms with Gasteiger partial charge in [0.2, 0.25) is 5.36 Å². The minimum absolute atomic E-state index is 0.278. The van der Waals surface area contributed by atoms with Crippen molar-refractivity contribution in [2.24, 2.45) is 0 Å². The first kappa shape index (κ1) is 18.4. The summed E-state index contributed by atoms with van der Waals surface area (Å²) in [6.07, 6.45) is 10.9. The lowest BCUT2D eigenvalue weighted by atomic mass is 9.89. The molecule has 0 bridgehead atoms. The lowest BCUT2D eigenvalue weighted by Gasteiger charge is -2.37. The van der Waals surface area contributed by atoms with Gasteiger partial charge in [0, 0.05) is 48.0 Å². The fourth-order valence-electron chi connectivity index (χ4n) is 7.08. The van der Waals surface area contributed by atoms with E-state index < -0.39 is 0 Å². The third-order valence-electron chi connectivity index (χ3n) is 8.38. The third kappa shape index (κ3) is 2.43. The van der Waals surface area contributed by atoms with Gasteiger partial charge in [0.15, 0.2) is 5.75 Å². The lowest BCUT2D eigenvalue weighted by Crippen LogP contribution is -2.45. The zero-order chi connectivity index (χ0) is 21.7. The molecule has 5 nitrogen and oxygen atoms in total. The van der Waals surface area contributed by atoms with E-state index in [1.807, 2.05) is 6.08 Å². The first-order valence-corrected chi connectivity index (χ1v) is 12.6. The van der Waals surface area contributed by atoms with Crippen LogP contribution < -0.4 is 30.4 Å². The monoisotopic (exact) mass is 439 g/mol. The molecule has 0 N–H and O–H groups in total. The van der Waals surface area contributed by atoms with Crippen molar-refractivity contribution in [1.29, 1.82) is 0 Å². The molecule has 166 valence electrons. The molecule has 5 aliphatic rings. The summed E-state index contributed by atoms with van der Waals surface area (Å²) in [5.74, 6) is 1.67. The highest BCUT2D eigenvalue weighted by molar-refractivity contribution is 5.95. The number of hydrogen-bond donors (Lipinski definition) is 0. The van der Waals surface area contributed by atoms with E-state index in [-0.39, 0.29) is 5.63 Å². The molecule has 0 amide bonds. The predicted octanol–water partition coefficient (Wildman–Crippen LogP) is 2.81. The molecule has 8 rings (SSSR count). The molecular weight excluding hydrogens is 412 g/mol. The number of nitrogens with zero attached hydrogens (tertiary/aromatic N) is 2. The van der Waals surface area contributed by atoms with Crippen molar-refractivity contribution in [2.45, 2.75) is 51.4 Å². The Morgan fingerprint density at radius 3 is 2.55 bits per heavy atom. The zero-order valence-electron chi connectivity index (χ0n) is 18.8. The molecule has 2 aromatic carbocycles. The molecule has 0 saturated carbocycles. The number of anilines is 1. The fourth-order valence-corrected chi connectivity index (χ4v) is 7.08. The fraction of sp³-hybridized carbons (Fsp3) is 0.429. The minimum atomic E-state index is -0.278. The summed E-state index contributed by atoms with van der Waals surface area (Å²) < 4.78 is 15.3. The summed E-state index contributed by atoms with van der Waals surface area (Å²) in [6, 6.07) is 4.51. The normalized spacial score (nSPS) is 19.8. The van der Waals surface area contributed by atoms with Crippen molar-refractivity contribution in [3.05, 3.63) is 60.9 Å². The quantitative estimate of drug-likeness (QED) is 0.312. The van der Waals surface area contributed by atoms with Gasteiger partial charge in [-0.05, 0) is 62.3 Å². The molecule has 3 aromatic rings.